The normalized spacial score (nSPS) is 27.8. The van der Waals surface area contributed by atoms with E-state index in [-0.39, 0.29) is 18.0 Å². The largest absolute Gasteiger partial charge is 0.459 e. The Bertz CT molecular complexity index is 410. The van der Waals surface area contributed by atoms with Gasteiger partial charge in [0.1, 0.15) is 6.10 Å². The first-order chi connectivity index (χ1) is 8.34. The van der Waals surface area contributed by atoms with E-state index in [0.29, 0.717) is 13.2 Å². The third-order valence-electron chi connectivity index (χ3n) is 3.50. The van der Waals surface area contributed by atoms with Crippen LogP contribution in [0.5, 0.6) is 0 Å². The molecule has 1 N–H and O–H groups in total. The van der Waals surface area contributed by atoms with Crippen LogP contribution in [0.2, 0.25) is 0 Å². The van der Waals surface area contributed by atoms with E-state index in [0.717, 1.165) is 36.9 Å². The Morgan fingerprint density at radius 1 is 1.53 bits per heavy atom. The molecule has 1 aliphatic heterocycles. The van der Waals surface area contributed by atoms with Gasteiger partial charge in [-0.05, 0) is 19.3 Å². The van der Waals surface area contributed by atoms with Crippen LogP contribution in [0.1, 0.15) is 36.4 Å². The van der Waals surface area contributed by atoms with Gasteiger partial charge in [0.15, 0.2) is 0 Å². The zero-order chi connectivity index (χ0) is 11.7. The lowest BCUT2D eigenvalue weighted by molar-refractivity contribution is -0.151. The van der Waals surface area contributed by atoms with Crippen LogP contribution in [-0.2, 0) is 20.7 Å². The van der Waals surface area contributed by atoms with Crippen molar-refractivity contribution in [1.82, 2.24) is 10.2 Å². The summed E-state index contributed by atoms with van der Waals surface area (Å²) in [5.41, 5.74) is 2.10. The van der Waals surface area contributed by atoms with Gasteiger partial charge in [-0.2, -0.15) is 5.10 Å². The zero-order valence-corrected chi connectivity index (χ0v) is 9.65. The van der Waals surface area contributed by atoms with Crippen molar-refractivity contribution in [2.75, 3.05) is 13.2 Å². The highest BCUT2D eigenvalue weighted by molar-refractivity contribution is 5.79. The molecule has 2 heterocycles. The van der Waals surface area contributed by atoms with Crippen LogP contribution in [0.25, 0.3) is 0 Å². The van der Waals surface area contributed by atoms with Gasteiger partial charge in [-0.3, -0.25) is 9.89 Å². The quantitative estimate of drug-likeness (QED) is 0.783. The lowest BCUT2D eigenvalue weighted by Gasteiger charge is -2.21. The van der Waals surface area contributed by atoms with Crippen molar-refractivity contribution < 1.29 is 14.3 Å². The van der Waals surface area contributed by atoms with Gasteiger partial charge in [0.25, 0.3) is 0 Å². The molecule has 5 heteroatoms. The number of nitrogens with zero attached hydrogens (tertiary/aromatic N) is 1. The van der Waals surface area contributed by atoms with Gasteiger partial charge in [-0.25, -0.2) is 0 Å². The van der Waals surface area contributed by atoms with E-state index in [4.69, 9.17) is 9.47 Å². The highest BCUT2D eigenvalue weighted by Gasteiger charge is 2.31. The number of fused-ring (bicyclic) bond motifs is 1. The van der Waals surface area contributed by atoms with Crippen molar-refractivity contribution >= 4 is 5.97 Å². The standard InChI is InChI=1S/C12H16N2O3/c15-12(17-8-4-5-16-7-8)9-2-1-3-11-10(9)6-13-14-11/h6,8-9H,1-5,7H2,(H,13,14)/t8-,9+/m0/s1. The minimum Gasteiger partial charge on any atom is -0.459 e. The van der Waals surface area contributed by atoms with Gasteiger partial charge in [0, 0.05) is 17.7 Å². The van der Waals surface area contributed by atoms with Crippen molar-refractivity contribution in [2.45, 2.75) is 37.7 Å². The predicted molar refractivity (Wildman–Crippen MR) is 59.6 cm³/mol. The summed E-state index contributed by atoms with van der Waals surface area (Å²) in [6.45, 7) is 1.23. The Morgan fingerprint density at radius 3 is 3.29 bits per heavy atom. The van der Waals surface area contributed by atoms with E-state index in [1.54, 1.807) is 6.20 Å². The van der Waals surface area contributed by atoms with E-state index < -0.39 is 0 Å². The van der Waals surface area contributed by atoms with Gasteiger partial charge in [-0.1, -0.05) is 0 Å². The molecule has 5 nitrogen and oxygen atoms in total. The Morgan fingerprint density at radius 2 is 2.47 bits per heavy atom. The Kier molecular flexibility index (Phi) is 2.84. The average molecular weight is 236 g/mol. The summed E-state index contributed by atoms with van der Waals surface area (Å²) in [5.74, 6) is -0.263. The van der Waals surface area contributed by atoms with E-state index >= 15 is 0 Å². The number of hydrogen-bond donors (Lipinski definition) is 1. The molecule has 1 aliphatic carbocycles. The maximum atomic E-state index is 12.1. The smallest absolute Gasteiger partial charge is 0.313 e. The number of rotatable bonds is 2. The van der Waals surface area contributed by atoms with Gasteiger partial charge >= 0.3 is 5.97 Å². The number of ether oxygens (including phenoxy) is 2. The van der Waals surface area contributed by atoms with Crippen molar-refractivity contribution in [1.29, 1.82) is 0 Å². The SMILES string of the molecule is O=C(O[C@H]1CCOC1)[C@@H]1CCCc2[nH]ncc21. The zero-order valence-electron chi connectivity index (χ0n) is 9.65. The van der Waals surface area contributed by atoms with Crippen LogP contribution in [0.4, 0.5) is 0 Å². The summed E-state index contributed by atoms with van der Waals surface area (Å²) in [4.78, 5) is 12.1. The summed E-state index contributed by atoms with van der Waals surface area (Å²) in [5, 5.41) is 6.96. The molecule has 0 unspecified atom stereocenters. The fourth-order valence-electron chi connectivity index (χ4n) is 2.56. The van der Waals surface area contributed by atoms with E-state index in [2.05, 4.69) is 10.2 Å². The Labute approximate surface area is 99.5 Å². The molecule has 0 radical (unpaired) electrons. The summed E-state index contributed by atoms with van der Waals surface area (Å²) in [7, 11) is 0. The number of nitrogens with one attached hydrogen (secondary N) is 1. The highest BCUT2D eigenvalue weighted by Crippen LogP contribution is 2.31. The first-order valence-corrected chi connectivity index (χ1v) is 6.15. The number of aromatic nitrogens is 2. The molecule has 1 saturated heterocycles. The second-order valence-electron chi connectivity index (χ2n) is 4.67. The minimum absolute atomic E-state index is 0.0558. The molecule has 17 heavy (non-hydrogen) atoms. The average Bonchev–Trinajstić information content (AvgIpc) is 2.97. The fraction of sp³-hybridized carbons (Fsp3) is 0.667. The highest BCUT2D eigenvalue weighted by atomic mass is 16.6. The summed E-state index contributed by atoms with van der Waals surface area (Å²) < 4.78 is 10.7. The summed E-state index contributed by atoms with van der Waals surface area (Å²) in [6.07, 6.45) is 5.36. The maximum Gasteiger partial charge on any atom is 0.313 e. The van der Waals surface area contributed by atoms with Crippen molar-refractivity contribution in [3.63, 3.8) is 0 Å². The monoisotopic (exact) mass is 236 g/mol. The molecule has 0 amide bonds. The van der Waals surface area contributed by atoms with E-state index in [1.165, 1.54) is 0 Å². The fourth-order valence-corrected chi connectivity index (χ4v) is 2.56. The maximum absolute atomic E-state index is 12.1. The van der Waals surface area contributed by atoms with E-state index in [1.807, 2.05) is 0 Å². The lowest BCUT2D eigenvalue weighted by Crippen LogP contribution is -2.25. The van der Waals surface area contributed by atoms with Crippen molar-refractivity contribution in [3.05, 3.63) is 17.5 Å². The number of H-pyrrole nitrogens is 1. The van der Waals surface area contributed by atoms with Crippen molar-refractivity contribution in [3.8, 4) is 0 Å². The van der Waals surface area contributed by atoms with Gasteiger partial charge in [0.2, 0.25) is 0 Å². The Hall–Kier alpha value is -1.36. The van der Waals surface area contributed by atoms with Crippen LogP contribution >= 0.6 is 0 Å². The molecule has 0 bridgehead atoms. The molecule has 0 spiro atoms. The Balaban J connectivity index is 1.70. The van der Waals surface area contributed by atoms with Gasteiger partial charge in [0.05, 0.1) is 25.3 Å². The minimum atomic E-state index is -0.141. The third kappa shape index (κ3) is 2.07. The van der Waals surface area contributed by atoms with Gasteiger partial charge < -0.3 is 9.47 Å². The molecule has 0 saturated carbocycles. The van der Waals surface area contributed by atoms with Crippen LogP contribution < -0.4 is 0 Å². The molecule has 2 aliphatic rings. The topological polar surface area (TPSA) is 64.2 Å². The summed E-state index contributed by atoms with van der Waals surface area (Å²) >= 11 is 0. The second-order valence-corrected chi connectivity index (χ2v) is 4.67. The molecule has 1 aromatic rings. The van der Waals surface area contributed by atoms with E-state index in [9.17, 15) is 4.79 Å². The summed E-state index contributed by atoms with van der Waals surface area (Å²) in [6, 6.07) is 0. The van der Waals surface area contributed by atoms with Crippen LogP contribution in [0.3, 0.4) is 0 Å². The molecule has 3 rings (SSSR count). The molecule has 1 fully saturated rings. The number of carbonyl (C=O) groups is 1. The van der Waals surface area contributed by atoms with Crippen LogP contribution in [-0.4, -0.2) is 35.5 Å². The molecule has 2 atom stereocenters. The number of aryl methyl sites for hydroxylation is 1. The van der Waals surface area contributed by atoms with Crippen LogP contribution in [0.15, 0.2) is 6.20 Å². The molecule has 1 aromatic heterocycles. The molecule has 0 aromatic carbocycles. The van der Waals surface area contributed by atoms with Crippen molar-refractivity contribution in [2.24, 2.45) is 0 Å². The first-order valence-electron chi connectivity index (χ1n) is 6.15. The number of carbonyl (C=O) groups excluding carboxylic acids is 1. The third-order valence-corrected chi connectivity index (χ3v) is 3.50. The first kappa shape index (κ1) is 10.8. The number of aromatic amines is 1. The number of esters is 1. The lowest BCUT2D eigenvalue weighted by atomic mass is 9.87. The molecular formula is C12H16N2O3. The van der Waals surface area contributed by atoms with Crippen LogP contribution in [0, 0.1) is 0 Å². The molecule has 92 valence electrons. The molecular weight excluding hydrogens is 220 g/mol. The number of hydrogen-bond acceptors (Lipinski definition) is 4. The second kappa shape index (κ2) is 4.49. The van der Waals surface area contributed by atoms with Gasteiger partial charge in [-0.15, -0.1) is 0 Å². The predicted octanol–water partition coefficient (Wildman–Crippen LogP) is 1.16.